The van der Waals surface area contributed by atoms with Gasteiger partial charge in [0, 0.05) is 28.1 Å². The second-order valence-corrected chi connectivity index (χ2v) is 9.28. The molecule has 0 fully saturated rings. The SMILES string of the molecule is Cc1cc(F)cc(Nc2nc(NC(C)c3cccs3)c3cccc(C4=CCNCC4)c3n2)c1. The van der Waals surface area contributed by atoms with Gasteiger partial charge in [-0.25, -0.2) is 9.37 Å². The van der Waals surface area contributed by atoms with Gasteiger partial charge in [-0.05, 0) is 73.7 Å². The van der Waals surface area contributed by atoms with E-state index in [1.165, 1.54) is 22.6 Å². The zero-order valence-corrected chi connectivity index (χ0v) is 19.5. The van der Waals surface area contributed by atoms with Crippen LogP contribution in [-0.2, 0) is 0 Å². The van der Waals surface area contributed by atoms with E-state index in [9.17, 15) is 4.39 Å². The number of nitrogens with zero attached hydrogens (tertiary/aromatic N) is 2. The maximum atomic E-state index is 14.0. The van der Waals surface area contributed by atoms with Crippen molar-refractivity contribution in [1.29, 1.82) is 0 Å². The molecular weight excluding hydrogens is 433 g/mol. The zero-order chi connectivity index (χ0) is 22.8. The predicted molar refractivity (Wildman–Crippen MR) is 136 cm³/mol. The molecule has 2 aromatic heterocycles. The molecule has 0 bridgehead atoms. The highest BCUT2D eigenvalue weighted by molar-refractivity contribution is 7.10. The second-order valence-electron chi connectivity index (χ2n) is 8.30. The molecule has 0 radical (unpaired) electrons. The number of aromatic nitrogens is 2. The minimum Gasteiger partial charge on any atom is -0.362 e. The Labute approximate surface area is 196 Å². The van der Waals surface area contributed by atoms with Crippen LogP contribution < -0.4 is 16.0 Å². The van der Waals surface area contributed by atoms with Crippen molar-refractivity contribution in [2.75, 3.05) is 23.7 Å². The van der Waals surface area contributed by atoms with Gasteiger partial charge in [-0.2, -0.15) is 4.98 Å². The van der Waals surface area contributed by atoms with Crippen LogP contribution in [0.2, 0.25) is 0 Å². The number of nitrogens with one attached hydrogen (secondary N) is 3. The summed E-state index contributed by atoms with van der Waals surface area (Å²) >= 11 is 1.71. The number of benzene rings is 2. The Balaban J connectivity index is 1.62. The number of halogens is 1. The summed E-state index contributed by atoms with van der Waals surface area (Å²) in [6.07, 6.45) is 3.17. The van der Waals surface area contributed by atoms with Crippen molar-refractivity contribution < 1.29 is 4.39 Å². The van der Waals surface area contributed by atoms with Gasteiger partial charge in [0.1, 0.15) is 11.6 Å². The third-order valence-corrected chi connectivity index (χ3v) is 6.81. The molecule has 33 heavy (non-hydrogen) atoms. The third-order valence-electron chi connectivity index (χ3n) is 5.76. The molecule has 2 aromatic carbocycles. The van der Waals surface area contributed by atoms with Crippen LogP contribution in [0.4, 0.5) is 21.8 Å². The molecule has 0 aliphatic carbocycles. The number of rotatable bonds is 6. The Kier molecular flexibility index (Phi) is 6.07. The van der Waals surface area contributed by atoms with Gasteiger partial charge in [-0.1, -0.05) is 24.3 Å². The molecule has 5 rings (SSSR count). The van der Waals surface area contributed by atoms with Crippen molar-refractivity contribution in [3.05, 3.63) is 81.8 Å². The molecule has 3 N–H and O–H groups in total. The standard InChI is InChI=1S/C26H26FN5S/c1-16-13-19(27)15-20(14-16)30-26-31-24-21(18-8-10-28-11-9-18)5-3-6-22(24)25(32-26)29-17(2)23-7-4-12-33-23/h3-8,12-15,17,28H,9-11H2,1-2H3,(H2,29,30,31,32). The number of hydrogen-bond acceptors (Lipinski definition) is 6. The quantitative estimate of drug-likeness (QED) is 0.310. The molecule has 0 saturated carbocycles. The molecule has 7 heteroatoms. The van der Waals surface area contributed by atoms with Crippen LogP contribution in [0.5, 0.6) is 0 Å². The van der Waals surface area contributed by atoms with Crippen molar-refractivity contribution in [2.24, 2.45) is 0 Å². The number of anilines is 3. The van der Waals surface area contributed by atoms with Crippen LogP contribution in [0, 0.1) is 12.7 Å². The van der Waals surface area contributed by atoms with Crippen LogP contribution in [0.1, 0.15) is 35.4 Å². The molecule has 1 aliphatic rings. The lowest BCUT2D eigenvalue weighted by molar-refractivity contribution is 0.627. The Hall–Kier alpha value is -3.29. The average Bonchev–Trinajstić information content (AvgIpc) is 3.34. The number of hydrogen-bond donors (Lipinski definition) is 3. The van der Waals surface area contributed by atoms with Crippen molar-refractivity contribution in [3.63, 3.8) is 0 Å². The van der Waals surface area contributed by atoms with Crippen molar-refractivity contribution in [3.8, 4) is 0 Å². The van der Waals surface area contributed by atoms with Gasteiger partial charge < -0.3 is 16.0 Å². The van der Waals surface area contributed by atoms with Gasteiger partial charge in [0.15, 0.2) is 0 Å². The molecule has 3 heterocycles. The molecule has 0 spiro atoms. The van der Waals surface area contributed by atoms with E-state index in [-0.39, 0.29) is 11.9 Å². The number of aryl methyl sites for hydroxylation is 1. The lowest BCUT2D eigenvalue weighted by Gasteiger charge is -2.19. The highest BCUT2D eigenvalue weighted by atomic mass is 32.1. The fraction of sp³-hybridized carbons (Fsp3) is 0.231. The van der Waals surface area contributed by atoms with E-state index in [0.717, 1.165) is 47.4 Å². The number of thiophene rings is 1. The molecular formula is C26H26FN5S. The summed E-state index contributed by atoms with van der Waals surface area (Å²) < 4.78 is 14.0. The topological polar surface area (TPSA) is 61.9 Å². The predicted octanol–water partition coefficient (Wildman–Crippen LogP) is 6.43. The van der Waals surface area contributed by atoms with E-state index < -0.39 is 0 Å². The second kappa shape index (κ2) is 9.29. The molecule has 5 nitrogen and oxygen atoms in total. The maximum absolute atomic E-state index is 14.0. The van der Waals surface area contributed by atoms with Crippen LogP contribution in [-0.4, -0.2) is 23.1 Å². The lowest BCUT2D eigenvalue weighted by atomic mass is 9.97. The van der Waals surface area contributed by atoms with E-state index in [2.05, 4.69) is 64.7 Å². The van der Waals surface area contributed by atoms with E-state index in [1.807, 2.05) is 13.0 Å². The fourth-order valence-corrected chi connectivity index (χ4v) is 4.93. The van der Waals surface area contributed by atoms with Crippen LogP contribution in [0.3, 0.4) is 0 Å². The first-order valence-corrected chi connectivity index (χ1v) is 12.0. The summed E-state index contributed by atoms with van der Waals surface area (Å²) in [7, 11) is 0. The van der Waals surface area contributed by atoms with Crippen molar-refractivity contribution >= 4 is 45.3 Å². The molecule has 4 aromatic rings. The Morgan fingerprint density at radius 1 is 1.12 bits per heavy atom. The fourth-order valence-electron chi connectivity index (χ4n) is 4.20. The molecule has 1 unspecified atom stereocenters. The monoisotopic (exact) mass is 459 g/mol. The average molecular weight is 460 g/mol. The van der Waals surface area contributed by atoms with Gasteiger partial charge in [0.2, 0.25) is 5.95 Å². The van der Waals surface area contributed by atoms with Crippen LogP contribution in [0.25, 0.3) is 16.5 Å². The minimum absolute atomic E-state index is 0.0918. The molecule has 1 aliphatic heterocycles. The summed E-state index contributed by atoms with van der Waals surface area (Å²) in [5.41, 5.74) is 4.74. The highest BCUT2D eigenvalue weighted by Gasteiger charge is 2.17. The molecule has 0 amide bonds. The normalized spacial score (nSPS) is 14.7. The summed E-state index contributed by atoms with van der Waals surface area (Å²) in [6, 6.07) is 15.4. The Morgan fingerprint density at radius 3 is 2.79 bits per heavy atom. The summed E-state index contributed by atoms with van der Waals surface area (Å²) in [6.45, 7) is 5.79. The van der Waals surface area contributed by atoms with Crippen LogP contribution >= 0.6 is 11.3 Å². The van der Waals surface area contributed by atoms with Gasteiger partial charge in [-0.15, -0.1) is 11.3 Å². The smallest absolute Gasteiger partial charge is 0.229 e. The summed E-state index contributed by atoms with van der Waals surface area (Å²) in [5.74, 6) is 0.909. The minimum atomic E-state index is -0.288. The summed E-state index contributed by atoms with van der Waals surface area (Å²) in [4.78, 5) is 10.9. The first kappa shape index (κ1) is 21.6. The first-order chi connectivity index (χ1) is 16.1. The maximum Gasteiger partial charge on any atom is 0.229 e. The third kappa shape index (κ3) is 4.74. The van der Waals surface area contributed by atoms with Crippen molar-refractivity contribution in [2.45, 2.75) is 26.3 Å². The van der Waals surface area contributed by atoms with E-state index in [4.69, 9.17) is 9.97 Å². The summed E-state index contributed by atoms with van der Waals surface area (Å²) in [5, 5.41) is 13.2. The molecule has 1 atom stereocenters. The van der Waals surface area contributed by atoms with E-state index >= 15 is 0 Å². The Morgan fingerprint density at radius 2 is 2.03 bits per heavy atom. The van der Waals surface area contributed by atoms with Crippen molar-refractivity contribution in [1.82, 2.24) is 15.3 Å². The van der Waals surface area contributed by atoms with Gasteiger partial charge >= 0.3 is 0 Å². The van der Waals surface area contributed by atoms with Gasteiger partial charge in [0.25, 0.3) is 0 Å². The van der Waals surface area contributed by atoms with Crippen LogP contribution in [0.15, 0.2) is 60.0 Å². The molecule has 0 saturated heterocycles. The molecule has 168 valence electrons. The van der Waals surface area contributed by atoms with E-state index in [1.54, 1.807) is 11.3 Å². The first-order valence-electron chi connectivity index (χ1n) is 11.1. The number of para-hydroxylation sites is 1. The largest absolute Gasteiger partial charge is 0.362 e. The highest BCUT2D eigenvalue weighted by Crippen LogP contribution is 2.33. The van der Waals surface area contributed by atoms with Gasteiger partial charge in [-0.3, -0.25) is 0 Å². The zero-order valence-electron chi connectivity index (χ0n) is 18.7. The Bertz CT molecular complexity index is 1300. The van der Waals surface area contributed by atoms with E-state index in [0.29, 0.717) is 11.6 Å². The lowest BCUT2D eigenvalue weighted by Crippen LogP contribution is -2.20. The van der Waals surface area contributed by atoms with Gasteiger partial charge in [0.05, 0.1) is 11.6 Å². The number of fused-ring (bicyclic) bond motifs is 1.